The maximum atomic E-state index is 11.9. The number of hydrogen-bond acceptors (Lipinski definition) is 3. The molecule has 0 saturated heterocycles. The average molecular weight is 371 g/mol. The van der Waals surface area contributed by atoms with Crippen molar-refractivity contribution in [2.45, 2.75) is 6.92 Å². The van der Waals surface area contributed by atoms with Crippen LogP contribution in [0.15, 0.2) is 39.5 Å². The Kier molecular flexibility index (Phi) is 4.08. The molecule has 2 heterocycles. The molecule has 6 heteroatoms. The van der Waals surface area contributed by atoms with Gasteiger partial charge < -0.3 is 5.32 Å². The van der Waals surface area contributed by atoms with E-state index in [1.165, 1.54) is 0 Å². The number of carbonyl (C=O) groups excluding carboxylic acids is 1. The molecule has 2 aromatic heterocycles. The Hall–Kier alpha value is -1.27. The molecular formula is C12H9Br2N3O. The van der Waals surface area contributed by atoms with Crippen molar-refractivity contribution >= 4 is 43.6 Å². The molecule has 0 radical (unpaired) electrons. The summed E-state index contributed by atoms with van der Waals surface area (Å²) in [7, 11) is 0. The summed E-state index contributed by atoms with van der Waals surface area (Å²) in [5, 5.41) is 2.70. The first-order valence-corrected chi connectivity index (χ1v) is 6.70. The van der Waals surface area contributed by atoms with Crippen LogP contribution < -0.4 is 5.32 Å². The maximum Gasteiger partial charge on any atom is 0.275 e. The summed E-state index contributed by atoms with van der Waals surface area (Å²) in [6.07, 6.45) is 3.23. The smallest absolute Gasteiger partial charge is 0.275 e. The fraction of sp³-hybridized carbons (Fsp3) is 0.0833. The van der Waals surface area contributed by atoms with Crippen LogP contribution in [0.5, 0.6) is 0 Å². The minimum Gasteiger partial charge on any atom is -0.305 e. The molecule has 0 aliphatic heterocycles. The third-order valence-electron chi connectivity index (χ3n) is 2.25. The van der Waals surface area contributed by atoms with Crippen LogP contribution >= 0.6 is 31.9 Å². The van der Waals surface area contributed by atoms with Crippen LogP contribution in [-0.4, -0.2) is 15.9 Å². The number of amides is 1. The molecule has 0 saturated carbocycles. The van der Waals surface area contributed by atoms with E-state index in [1.54, 1.807) is 30.6 Å². The molecule has 18 heavy (non-hydrogen) atoms. The van der Waals surface area contributed by atoms with E-state index in [2.05, 4.69) is 47.1 Å². The zero-order valence-electron chi connectivity index (χ0n) is 9.45. The second-order valence-electron chi connectivity index (χ2n) is 3.63. The second-order valence-corrected chi connectivity index (χ2v) is 5.40. The van der Waals surface area contributed by atoms with E-state index in [-0.39, 0.29) is 5.91 Å². The summed E-state index contributed by atoms with van der Waals surface area (Å²) in [6, 6.07) is 5.20. The maximum absolute atomic E-state index is 11.9. The molecule has 2 rings (SSSR count). The van der Waals surface area contributed by atoms with Crippen molar-refractivity contribution in [3.63, 3.8) is 0 Å². The third-order valence-corrected chi connectivity index (χ3v) is 3.55. The van der Waals surface area contributed by atoms with Crippen molar-refractivity contribution < 1.29 is 4.79 Å². The lowest BCUT2D eigenvalue weighted by Crippen LogP contribution is -2.14. The summed E-state index contributed by atoms with van der Waals surface area (Å²) in [4.78, 5) is 20.0. The molecule has 1 N–H and O–H groups in total. The van der Waals surface area contributed by atoms with E-state index in [0.29, 0.717) is 11.5 Å². The molecule has 92 valence electrons. The summed E-state index contributed by atoms with van der Waals surface area (Å²) in [5.41, 5.74) is 1.35. The lowest BCUT2D eigenvalue weighted by Gasteiger charge is -2.05. The van der Waals surface area contributed by atoms with Gasteiger partial charge in [-0.3, -0.25) is 4.79 Å². The molecule has 0 aliphatic rings. The normalized spacial score (nSPS) is 10.2. The minimum absolute atomic E-state index is 0.281. The highest BCUT2D eigenvalue weighted by atomic mass is 79.9. The van der Waals surface area contributed by atoms with E-state index < -0.39 is 0 Å². The Morgan fingerprint density at radius 1 is 1.22 bits per heavy atom. The van der Waals surface area contributed by atoms with Gasteiger partial charge >= 0.3 is 0 Å². The number of aryl methyl sites for hydroxylation is 1. The molecule has 0 aromatic carbocycles. The van der Waals surface area contributed by atoms with Gasteiger partial charge in [0.05, 0.1) is 0 Å². The largest absolute Gasteiger partial charge is 0.305 e. The van der Waals surface area contributed by atoms with Gasteiger partial charge in [0.25, 0.3) is 5.91 Å². The first kappa shape index (κ1) is 13.2. The van der Waals surface area contributed by atoms with Crippen molar-refractivity contribution in [1.29, 1.82) is 0 Å². The highest BCUT2D eigenvalue weighted by molar-refractivity contribution is 9.10. The van der Waals surface area contributed by atoms with E-state index in [1.807, 2.05) is 6.92 Å². The monoisotopic (exact) mass is 369 g/mol. The number of nitrogens with zero attached hydrogens (tertiary/aromatic N) is 2. The zero-order chi connectivity index (χ0) is 13.1. The van der Waals surface area contributed by atoms with Crippen LogP contribution in [-0.2, 0) is 0 Å². The molecule has 1 amide bonds. The molecule has 0 atom stereocenters. The topological polar surface area (TPSA) is 54.9 Å². The average Bonchev–Trinajstić information content (AvgIpc) is 2.34. The van der Waals surface area contributed by atoms with E-state index in [4.69, 9.17) is 0 Å². The van der Waals surface area contributed by atoms with Crippen LogP contribution in [0.1, 0.15) is 16.1 Å². The number of carbonyl (C=O) groups is 1. The van der Waals surface area contributed by atoms with Crippen molar-refractivity contribution in [1.82, 2.24) is 9.97 Å². The number of halogens is 2. The Morgan fingerprint density at radius 3 is 2.61 bits per heavy atom. The van der Waals surface area contributed by atoms with Gasteiger partial charge in [-0.2, -0.15) is 0 Å². The molecule has 4 nitrogen and oxygen atoms in total. The summed E-state index contributed by atoms with van der Waals surface area (Å²) < 4.78 is 1.74. The third kappa shape index (κ3) is 3.14. The van der Waals surface area contributed by atoms with E-state index in [0.717, 1.165) is 14.5 Å². The van der Waals surface area contributed by atoms with Crippen molar-refractivity contribution in [3.05, 3.63) is 50.8 Å². The fourth-order valence-electron chi connectivity index (χ4n) is 1.30. The highest BCUT2D eigenvalue weighted by Crippen LogP contribution is 2.17. The SMILES string of the molecule is Cc1cc(NC(=O)c2ccc(Br)cn2)ncc1Br. The van der Waals surface area contributed by atoms with E-state index >= 15 is 0 Å². The number of rotatable bonds is 2. The van der Waals surface area contributed by atoms with Gasteiger partial charge in [-0.15, -0.1) is 0 Å². The van der Waals surface area contributed by atoms with Gasteiger partial charge in [0, 0.05) is 21.3 Å². The quantitative estimate of drug-likeness (QED) is 0.879. The first-order valence-electron chi connectivity index (χ1n) is 5.11. The Balaban J connectivity index is 2.16. The summed E-state index contributed by atoms with van der Waals surface area (Å²) in [6.45, 7) is 1.93. The fourth-order valence-corrected chi connectivity index (χ4v) is 1.75. The number of hydrogen-bond donors (Lipinski definition) is 1. The lowest BCUT2D eigenvalue weighted by atomic mass is 10.3. The van der Waals surface area contributed by atoms with Gasteiger partial charge in [0.15, 0.2) is 0 Å². The Bertz CT molecular complexity index is 584. The van der Waals surface area contributed by atoms with Crippen LogP contribution in [0.3, 0.4) is 0 Å². The van der Waals surface area contributed by atoms with Crippen molar-refractivity contribution in [2.75, 3.05) is 5.32 Å². The molecule has 0 spiro atoms. The molecule has 0 unspecified atom stereocenters. The van der Waals surface area contributed by atoms with Gasteiger partial charge in [0.2, 0.25) is 0 Å². The highest BCUT2D eigenvalue weighted by Gasteiger charge is 2.08. The molecule has 0 bridgehead atoms. The van der Waals surface area contributed by atoms with Crippen LogP contribution in [0, 0.1) is 6.92 Å². The summed E-state index contributed by atoms with van der Waals surface area (Å²) >= 11 is 6.62. The molecule has 0 fully saturated rings. The van der Waals surface area contributed by atoms with Gasteiger partial charge in [-0.1, -0.05) is 0 Å². The van der Waals surface area contributed by atoms with Crippen molar-refractivity contribution in [2.24, 2.45) is 0 Å². The Labute approximate surface area is 121 Å². The number of anilines is 1. The first-order chi connectivity index (χ1) is 8.56. The second kappa shape index (κ2) is 5.58. The van der Waals surface area contributed by atoms with Gasteiger partial charge in [-0.05, 0) is 62.5 Å². The van der Waals surface area contributed by atoms with Crippen LogP contribution in [0.25, 0.3) is 0 Å². The number of pyridine rings is 2. The summed E-state index contributed by atoms with van der Waals surface area (Å²) in [5.74, 6) is 0.224. The zero-order valence-corrected chi connectivity index (χ0v) is 12.6. The Morgan fingerprint density at radius 2 is 2.00 bits per heavy atom. The minimum atomic E-state index is -0.281. The molecule has 2 aromatic rings. The van der Waals surface area contributed by atoms with Gasteiger partial charge in [0.1, 0.15) is 11.5 Å². The van der Waals surface area contributed by atoms with Crippen molar-refractivity contribution in [3.8, 4) is 0 Å². The van der Waals surface area contributed by atoms with Crippen LogP contribution in [0.4, 0.5) is 5.82 Å². The predicted octanol–water partition coefficient (Wildman–Crippen LogP) is 3.56. The molecular weight excluding hydrogens is 362 g/mol. The standard InChI is InChI=1S/C12H9Br2N3O/c1-7-4-11(16-6-9(7)14)17-12(18)10-3-2-8(13)5-15-10/h2-6H,1H3,(H,16,17,18). The molecule has 0 aliphatic carbocycles. The van der Waals surface area contributed by atoms with Crippen LogP contribution in [0.2, 0.25) is 0 Å². The number of nitrogens with one attached hydrogen (secondary N) is 1. The number of aromatic nitrogens is 2. The van der Waals surface area contributed by atoms with Gasteiger partial charge in [-0.25, -0.2) is 9.97 Å². The predicted molar refractivity (Wildman–Crippen MR) is 76.6 cm³/mol. The lowest BCUT2D eigenvalue weighted by molar-refractivity contribution is 0.102. The van der Waals surface area contributed by atoms with E-state index in [9.17, 15) is 4.79 Å².